The molecule has 0 aliphatic carbocycles. The molecule has 176 valence electrons. The van der Waals surface area contributed by atoms with Gasteiger partial charge in [-0.1, -0.05) is 29.3 Å². The maximum atomic E-state index is 13.1. The minimum Gasteiger partial charge on any atom is -0.459 e. The van der Waals surface area contributed by atoms with Crippen LogP contribution in [0.25, 0.3) is 0 Å². The lowest BCUT2D eigenvalue weighted by Gasteiger charge is -2.33. The van der Waals surface area contributed by atoms with Gasteiger partial charge in [0.05, 0.1) is 12.8 Å². The van der Waals surface area contributed by atoms with Crippen LogP contribution in [0.1, 0.15) is 37.1 Å². The number of hydrogen-bond acceptors (Lipinski definition) is 5. The Bertz CT molecular complexity index is 1230. The van der Waals surface area contributed by atoms with Gasteiger partial charge >= 0.3 is 0 Å². The van der Waals surface area contributed by atoms with Crippen molar-refractivity contribution in [2.75, 3.05) is 32.7 Å². The summed E-state index contributed by atoms with van der Waals surface area (Å²) in [6, 6.07) is 10.0. The second-order valence-electron chi connectivity index (χ2n) is 8.13. The Morgan fingerprint density at radius 1 is 0.912 bits per heavy atom. The van der Waals surface area contributed by atoms with Gasteiger partial charge < -0.3 is 19.1 Å². The van der Waals surface area contributed by atoms with Crippen molar-refractivity contribution >= 4 is 40.9 Å². The monoisotopic (exact) mass is 501 g/mol. The van der Waals surface area contributed by atoms with Crippen LogP contribution in [-0.2, 0) is 13.1 Å². The summed E-state index contributed by atoms with van der Waals surface area (Å²) in [4.78, 5) is 43.5. The summed E-state index contributed by atoms with van der Waals surface area (Å²) < 4.78 is 6.74. The topological polar surface area (TPSA) is 91.9 Å². The smallest absolute Gasteiger partial charge is 0.289 e. The number of halogens is 2. The first-order valence-corrected chi connectivity index (χ1v) is 11.6. The third-order valence-electron chi connectivity index (χ3n) is 6.08. The van der Waals surface area contributed by atoms with E-state index < -0.39 is 0 Å². The molecule has 2 aliphatic rings. The highest BCUT2D eigenvalue weighted by molar-refractivity contribution is 6.36. The van der Waals surface area contributed by atoms with Crippen LogP contribution in [0, 0.1) is 0 Å². The van der Waals surface area contributed by atoms with Crippen molar-refractivity contribution in [3.05, 3.63) is 75.4 Å². The molecule has 5 rings (SSSR count). The number of hydrogen-bond donors (Lipinski definition) is 0. The van der Waals surface area contributed by atoms with Crippen LogP contribution in [-0.4, -0.2) is 74.9 Å². The summed E-state index contributed by atoms with van der Waals surface area (Å²) >= 11 is 12.5. The number of amides is 3. The van der Waals surface area contributed by atoms with E-state index in [-0.39, 0.29) is 35.7 Å². The second kappa shape index (κ2) is 9.15. The zero-order valence-corrected chi connectivity index (χ0v) is 19.6. The fraction of sp³-hybridized carbons (Fsp3) is 0.304. The molecule has 2 aliphatic heterocycles. The SMILES string of the molecule is O=C(c1cc2n(n1)CCN(Cc1c(Cl)cccc1Cl)C2=O)N1CCN(C(=O)c2ccco2)CC1. The molecule has 3 amide bonds. The fourth-order valence-electron chi connectivity index (χ4n) is 4.20. The molecule has 0 atom stereocenters. The predicted molar refractivity (Wildman–Crippen MR) is 124 cm³/mol. The minimum absolute atomic E-state index is 0.195. The summed E-state index contributed by atoms with van der Waals surface area (Å²) in [5, 5.41) is 5.38. The Kier molecular flexibility index (Phi) is 6.05. The van der Waals surface area contributed by atoms with Gasteiger partial charge in [0.2, 0.25) is 0 Å². The summed E-state index contributed by atoms with van der Waals surface area (Å²) in [5.41, 5.74) is 1.25. The molecule has 0 unspecified atom stereocenters. The molecular formula is C23H21Cl2N5O4. The molecule has 34 heavy (non-hydrogen) atoms. The number of benzene rings is 1. The predicted octanol–water partition coefficient (Wildman–Crippen LogP) is 3.04. The van der Waals surface area contributed by atoms with Gasteiger partial charge in [-0.2, -0.15) is 5.10 Å². The molecule has 9 nitrogen and oxygen atoms in total. The summed E-state index contributed by atoms with van der Waals surface area (Å²) in [5.74, 6) is -0.412. The van der Waals surface area contributed by atoms with Crippen molar-refractivity contribution in [3.63, 3.8) is 0 Å². The van der Waals surface area contributed by atoms with E-state index in [1.54, 1.807) is 49.7 Å². The first-order valence-electron chi connectivity index (χ1n) is 10.8. The molecule has 11 heteroatoms. The van der Waals surface area contributed by atoms with Crippen molar-refractivity contribution in [1.29, 1.82) is 0 Å². The number of furan rings is 1. The Labute approximate surface area is 205 Å². The Morgan fingerprint density at radius 2 is 1.59 bits per heavy atom. The standard InChI is InChI=1S/C23H21Cl2N5O4/c24-16-3-1-4-17(25)15(16)14-29-10-11-30-19(22(29)32)13-18(26-30)21(31)27-6-8-28(9-7-27)23(33)20-5-2-12-34-20/h1-5,12-13H,6-11,14H2. The van der Waals surface area contributed by atoms with Gasteiger partial charge in [-0.05, 0) is 24.3 Å². The van der Waals surface area contributed by atoms with E-state index in [9.17, 15) is 14.4 Å². The third-order valence-corrected chi connectivity index (χ3v) is 6.79. The van der Waals surface area contributed by atoms with Crippen molar-refractivity contribution in [2.24, 2.45) is 0 Å². The molecule has 0 spiro atoms. The maximum absolute atomic E-state index is 13.1. The van der Waals surface area contributed by atoms with Crippen LogP contribution in [0.15, 0.2) is 47.1 Å². The molecule has 1 saturated heterocycles. The molecule has 0 bridgehead atoms. The average Bonchev–Trinajstić information content (AvgIpc) is 3.53. The van der Waals surface area contributed by atoms with Crippen LogP contribution in [0.3, 0.4) is 0 Å². The zero-order chi connectivity index (χ0) is 23.8. The lowest BCUT2D eigenvalue weighted by atomic mass is 10.1. The van der Waals surface area contributed by atoms with Gasteiger partial charge in [0.25, 0.3) is 17.7 Å². The van der Waals surface area contributed by atoms with E-state index in [2.05, 4.69) is 5.10 Å². The Morgan fingerprint density at radius 3 is 2.24 bits per heavy atom. The average molecular weight is 502 g/mol. The molecule has 1 aromatic carbocycles. The number of piperazine rings is 1. The van der Waals surface area contributed by atoms with E-state index in [0.29, 0.717) is 60.6 Å². The molecule has 0 N–H and O–H groups in total. The van der Waals surface area contributed by atoms with E-state index in [1.165, 1.54) is 12.3 Å². The summed E-state index contributed by atoms with van der Waals surface area (Å²) in [6.45, 7) is 2.70. The van der Waals surface area contributed by atoms with Gasteiger partial charge in [0.1, 0.15) is 5.69 Å². The largest absolute Gasteiger partial charge is 0.459 e. The summed E-state index contributed by atoms with van der Waals surface area (Å²) in [6.07, 6.45) is 1.46. The first kappa shape index (κ1) is 22.5. The van der Waals surface area contributed by atoms with Gasteiger partial charge in [-0.3, -0.25) is 19.1 Å². The highest BCUT2D eigenvalue weighted by Crippen LogP contribution is 2.27. The molecule has 0 radical (unpaired) electrons. The summed E-state index contributed by atoms with van der Waals surface area (Å²) in [7, 11) is 0. The molecule has 2 aromatic heterocycles. The molecule has 0 saturated carbocycles. The van der Waals surface area contributed by atoms with Crippen molar-refractivity contribution in [1.82, 2.24) is 24.5 Å². The lowest BCUT2D eigenvalue weighted by molar-refractivity contribution is 0.0514. The van der Waals surface area contributed by atoms with E-state index in [4.69, 9.17) is 27.6 Å². The minimum atomic E-state index is -0.263. The van der Waals surface area contributed by atoms with Crippen LogP contribution >= 0.6 is 23.2 Å². The lowest BCUT2D eigenvalue weighted by Crippen LogP contribution is -2.50. The molecule has 3 aromatic rings. The van der Waals surface area contributed by atoms with E-state index in [1.807, 2.05) is 0 Å². The Balaban J connectivity index is 1.25. The first-order chi connectivity index (χ1) is 16.4. The van der Waals surface area contributed by atoms with Crippen molar-refractivity contribution in [3.8, 4) is 0 Å². The highest BCUT2D eigenvalue weighted by atomic mass is 35.5. The van der Waals surface area contributed by atoms with Gasteiger partial charge in [-0.25, -0.2) is 0 Å². The maximum Gasteiger partial charge on any atom is 0.289 e. The van der Waals surface area contributed by atoms with Gasteiger partial charge in [-0.15, -0.1) is 0 Å². The van der Waals surface area contributed by atoms with Crippen molar-refractivity contribution < 1.29 is 18.8 Å². The molecule has 4 heterocycles. The second-order valence-corrected chi connectivity index (χ2v) is 8.94. The van der Waals surface area contributed by atoms with Crippen LogP contribution in [0.4, 0.5) is 0 Å². The number of nitrogens with zero attached hydrogens (tertiary/aromatic N) is 5. The number of rotatable bonds is 4. The fourth-order valence-corrected chi connectivity index (χ4v) is 4.72. The number of carbonyl (C=O) groups is 3. The molecule has 1 fully saturated rings. The number of fused-ring (bicyclic) bond motifs is 1. The quantitative estimate of drug-likeness (QED) is 0.547. The van der Waals surface area contributed by atoms with Gasteiger partial charge in [0.15, 0.2) is 11.5 Å². The highest BCUT2D eigenvalue weighted by Gasteiger charge is 2.32. The normalized spacial score (nSPS) is 16.1. The third kappa shape index (κ3) is 4.17. The van der Waals surface area contributed by atoms with Crippen LogP contribution in [0.2, 0.25) is 10.0 Å². The van der Waals surface area contributed by atoms with E-state index in [0.717, 1.165) is 0 Å². The Hall–Kier alpha value is -3.30. The number of carbonyl (C=O) groups excluding carboxylic acids is 3. The van der Waals surface area contributed by atoms with Crippen molar-refractivity contribution in [2.45, 2.75) is 13.1 Å². The van der Waals surface area contributed by atoms with Crippen LogP contribution < -0.4 is 0 Å². The van der Waals surface area contributed by atoms with Crippen LogP contribution in [0.5, 0.6) is 0 Å². The number of aromatic nitrogens is 2. The zero-order valence-electron chi connectivity index (χ0n) is 18.1. The van der Waals surface area contributed by atoms with Gasteiger partial charge in [0, 0.05) is 60.9 Å². The molecular weight excluding hydrogens is 481 g/mol. The van der Waals surface area contributed by atoms with E-state index >= 15 is 0 Å².